The van der Waals surface area contributed by atoms with Gasteiger partial charge < -0.3 is 29.4 Å². The van der Waals surface area contributed by atoms with Gasteiger partial charge in [-0.25, -0.2) is 0 Å². The Labute approximate surface area is 196 Å². The van der Waals surface area contributed by atoms with E-state index in [9.17, 15) is 9.59 Å². The number of hydrogen-bond acceptors (Lipinski definition) is 5. The van der Waals surface area contributed by atoms with Crippen molar-refractivity contribution in [3.63, 3.8) is 0 Å². The molecule has 2 amide bonds. The predicted octanol–water partition coefficient (Wildman–Crippen LogP) is 3.55. The summed E-state index contributed by atoms with van der Waals surface area (Å²) in [5.74, 6) is 0.855. The maximum atomic E-state index is 12.8. The lowest BCUT2D eigenvalue weighted by Crippen LogP contribution is -2.37. The van der Waals surface area contributed by atoms with Gasteiger partial charge in [0.25, 0.3) is 5.91 Å². The van der Waals surface area contributed by atoms with E-state index in [2.05, 4.69) is 10.3 Å². The van der Waals surface area contributed by atoms with E-state index < -0.39 is 0 Å². The smallest absolute Gasteiger partial charge is 0.251 e. The van der Waals surface area contributed by atoms with E-state index in [1.165, 1.54) is 21.3 Å². The molecule has 2 N–H and O–H groups in total. The molecule has 8 nitrogen and oxygen atoms in total. The van der Waals surface area contributed by atoms with Crippen molar-refractivity contribution < 1.29 is 23.8 Å². The Bertz CT molecular complexity index is 1180. The van der Waals surface area contributed by atoms with E-state index >= 15 is 0 Å². The number of carbonyl (C=O) groups is 2. The monoisotopic (exact) mass is 471 g/mol. The number of halogens is 1. The van der Waals surface area contributed by atoms with E-state index in [0.29, 0.717) is 40.9 Å². The molecule has 0 fully saturated rings. The van der Waals surface area contributed by atoms with Crippen molar-refractivity contribution in [2.24, 2.45) is 0 Å². The van der Waals surface area contributed by atoms with Gasteiger partial charge in [0.1, 0.15) is 0 Å². The third-order valence-corrected chi connectivity index (χ3v) is 6.08. The van der Waals surface area contributed by atoms with E-state index in [1.54, 1.807) is 12.1 Å². The third-order valence-electron chi connectivity index (χ3n) is 5.84. The van der Waals surface area contributed by atoms with Crippen molar-refractivity contribution in [3.8, 4) is 17.2 Å². The number of fused-ring (bicyclic) bond motifs is 3. The fourth-order valence-corrected chi connectivity index (χ4v) is 4.33. The van der Waals surface area contributed by atoms with Gasteiger partial charge >= 0.3 is 0 Å². The van der Waals surface area contributed by atoms with Crippen LogP contribution in [-0.4, -0.2) is 56.1 Å². The second kappa shape index (κ2) is 9.62. The van der Waals surface area contributed by atoms with Crippen LogP contribution >= 0.6 is 11.6 Å². The topological polar surface area (TPSA) is 92.9 Å². The van der Waals surface area contributed by atoms with Crippen molar-refractivity contribution in [2.45, 2.75) is 19.4 Å². The SMILES string of the molecule is COc1cc(C(=O)NCCC(=O)N2CCc3[nH]c4ccc(Cl)cc4c3C2)cc(OC)c1OC. The van der Waals surface area contributed by atoms with Gasteiger partial charge in [-0.15, -0.1) is 0 Å². The average molecular weight is 472 g/mol. The summed E-state index contributed by atoms with van der Waals surface area (Å²) in [5, 5.41) is 4.51. The summed E-state index contributed by atoms with van der Waals surface area (Å²) < 4.78 is 15.9. The van der Waals surface area contributed by atoms with E-state index in [4.69, 9.17) is 25.8 Å². The number of aromatic amines is 1. The van der Waals surface area contributed by atoms with Crippen LogP contribution in [0.25, 0.3) is 10.9 Å². The second-order valence-electron chi connectivity index (χ2n) is 7.76. The van der Waals surface area contributed by atoms with Gasteiger partial charge in [0.2, 0.25) is 11.7 Å². The molecule has 0 radical (unpaired) electrons. The lowest BCUT2D eigenvalue weighted by molar-refractivity contribution is -0.131. The molecule has 2 heterocycles. The number of hydrogen-bond donors (Lipinski definition) is 2. The molecule has 3 aromatic rings. The highest BCUT2D eigenvalue weighted by Gasteiger charge is 2.24. The molecule has 174 valence electrons. The molecule has 0 saturated carbocycles. The second-order valence-corrected chi connectivity index (χ2v) is 8.19. The van der Waals surface area contributed by atoms with Gasteiger partial charge in [0.05, 0.1) is 21.3 Å². The van der Waals surface area contributed by atoms with E-state index in [1.807, 2.05) is 23.1 Å². The van der Waals surface area contributed by atoms with Crippen molar-refractivity contribution in [3.05, 3.63) is 52.2 Å². The van der Waals surface area contributed by atoms with Crippen molar-refractivity contribution >= 4 is 34.3 Å². The first-order chi connectivity index (χ1) is 15.9. The zero-order chi connectivity index (χ0) is 23.5. The molecule has 0 atom stereocenters. The minimum Gasteiger partial charge on any atom is -0.493 e. The summed E-state index contributed by atoms with van der Waals surface area (Å²) in [6, 6.07) is 8.89. The highest BCUT2D eigenvalue weighted by Crippen LogP contribution is 2.38. The highest BCUT2D eigenvalue weighted by molar-refractivity contribution is 6.31. The standard InChI is InChI=1S/C24H26ClN3O5/c1-31-20-10-14(11-21(32-2)23(20)33-3)24(30)26-8-6-22(29)28-9-7-19-17(13-28)16-12-15(25)4-5-18(16)27-19/h4-5,10-12,27H,6-9,13H2,1-3H3,(H,26,30). The summed E-state index contributed by atoms with van der Waals surface area (Å²) in [4.78, 5) is 30.7. The molecule has 0 unspecified atom stereocenters. The van der Waals surface area contributed by atoms with Crippen molar-refractivity contribution in [1.82, 2.24) is 15.2 Å². The number of aromatic nitrogens is 1. The molecule has 4 rings (SSSR count). The molecule has 0 saturated heterocycles. The zero-order valence-corrected chi connectivity index (χ0v) is 19.5. The van der Waals surface area contributed by atoms with Gasteiger partial charge in [-0.2, -0.15) is 0 Å². The number of amides is 2. The number of methoxy groups -OCH3 is 3. The Morgan fingerprint density at radius 2 is 1.82 bits per heavy atom. The maximum Gasteiger partial charge on any atom is 0.251 e. The molecule has 2 aromatic carbocycles. The summed E-state index contributed by atoms with van der Waals surface area (Å²) in [7, 11) is 4.48. The fourth-order valence-electron chi connectivity index (χ4n) is 4.15. The molecule has 1 aromatic heterocycles. The van der Waals surface area contributed by atoms with Crippen LogP contribution in [0.15, 0.2) is 30.3 Å². The van der Waals surface area contributed by atoms with Crippen molar-refractivity contribution in [1.29, 1.82) is 0 Å². The number of ether oxygens (including phenoxy) is 3. The van der Waals surface area contributed by atoms with Crippen LogP contribution in [-0.2, 0) is 17.8 Å². The van der Waals surface area contributed by atoms with E-state index in [-0.39, 0.29) is 24.8 Å². The summed E-state index contributed by atoms with van der Waals surface area (Å²) in [6.07, 6.45) is 0.958. The molecule has 0 bridgehead atoms. The number of nitrogens with zero attached hydrogens (tertiary/aromatic N) is 1. The van der Waals surface area contributed by atoms with Crippen LogP contribution in [0.3, 0.4) is 0 Å². The number of carbonyl (C=O) groups excluding carboxylic acids is 2. The molecule has 9 heteroatoms. The normalized spacial score (nSPS) is 12.9. The number of nitrogens with one attached hydrogen (secondary N) is 2. The minimum absolute atomic E-state index is 0.0118. The Morgan fingerprint density at radius 1 is 1.09 bits per heavy atom. The summed E-state index contributed by atoms with van der Waals surface area (Å²) in [5.41, 5.74) is 3.63. The largest absolute Gasteiger partial charge is 0.493 e. The number of rotatable bonds is 7. The fraction of sp³-hybridized carbons (Fsp3) is 0.333. The number of benzene rings is 2. The predicted molar refractivity (Wildman–Crippen MR) is 125 cm³/mol. The Hall–Kier alpha value is -3.39. The zero-order valence-electron chi connectivity index (χ0n) is 18.8. The van der Waals surface area contributed by atoms with Gasteiger partial charge in [-0.05, 0) is 30.3 Å². The average Bonchev–Trinajstić information content (AvgIpc) is 3.19. The highest BCUT2D eigenvalue weighted by atomic mass is 35.5. The van der Waals surface area contributed by atoms with E-state index in [0.717, 1.165) is 28.6 Å². The Kier molecular flexibility index (Phi) is 6.65. The van der Waals surface area contributed by atoms with Gasteiger partial charge in [-0.3, -0.25) is 9.59 Å². The molecule has 33 heavy (non-hydrogen) atoms. The molecule has 0 spiro atoms. The first kappa shape index (κ1) is 22.8. The molecule has 1 aliphatic heterocycles. The minimum atomic E-state index is -0.325. The lowest BCUT2D eigenvalue weighted by atomic mass is 10.0. The van der Waals surface area contributed by atoms with Gasteiger partial charge in [0.15, 0.2) is 11.5 Å². The van der Waals surface area contributed by atoms with Crippen LogP contribution in [0.2, 0.25) is 5.02 Å². The molecule has 0 aliphatic carbocycles. The molecule has 1 aliphatic rings. The molecular weight excluding hydrogens is 446 g/mol. The lowest BCUT2D eigenvalue weighted by Gasteiger charge is -2.27. The number of H-pyrrole nitrogens is 1. The van der Waals surface area contributed by atoms with Crippen molar-refractivity contribution in [2.75, 3.05) is 34.4 Å². The van der Waals surface area contributed by atoms with Crippen LogP contribution < -0.4 is 19.5 Å². The summed E-state index contributed by atoms with van der Waals surface area (Å²) in [6.45, 7) is 1.37. The first-order valence-corrected chi connectivity index (χ1v) is 11.0. The molecular formula is C24H26ClN3O5. The van der Waals surface area contributed by atoms with Gasteiger partial charge in [0, 0.05) is 65.2 Å². The van der Waals surface area contributed by atoms with Crippen LogP contribution in [0.4, 0.5) is 0 Å². The van der Waals surface area contributed by atoms with Crippen LogP contribution in [0, 0.1) is 0 Å². The van der Waals surface area contributed by atoms with Crippen LogP contribution in [0.1, 0.15) is 28.0 Å². The third kappa shape index (κ3) is 4.57. The Morgan fingerprint density at radius 3 is 2.48 bits per heavy atom. The maximum absolute atomic E-state index is 12.8. The first-order valence-electron chi connectivity index (χ1n) is 10.6. The van der Waals surface area contributed by atoms with Gasteiger partial charge in [-0.1, -0.05) is 11.6 Å². The summed E-state index contributed by atoms with van der Waals surface area (Å²) >= 11 is 6.16. The van der Waals surface area contributed by atoms with Crippen LogP contribution in [0.5, 0.6) is 17.2 Å². The Balaban J connectivity index is 1.38. The quantitative estimate of drug-likeness (QED) is 0.549.